The Bertz CT molecular complexity index is 1350. The zero-order valence-electron chi connectivity index (χ0n) is 17.8. The SMILES string of the molecule is O=C(Nc1cc(NCc2cn3cc(C4CC4)ccc3n2)ncn1)[C@H]1C[C@@H]1c1cc(Cl)ccn1. The van der Waals surface area contributed by atoms with Crippen molar-refractivity contribution in [3.05, 3.63) is 77.2 Å². The first-order valence-electron chi connectivity index (χ1n) is 11.1. The van der Waals surface area contributed by atoms with Crippen LogP contribution in [0.4, 0.5) is 11.6 Å². The van der Waals surface area contributed by atoms with Crippen molar-refractivity contribution in [1.29, 1.82) is 0 Å². The number of fused-ring (bicyclic) bond motifs is 1. The number of rotatable bonds is 7. The fourth-order valence-corrected chi connectivity index (χ4v) is 4.33. The number of hydrogen-bond acceptors (Lipinski definition) is 6. The largest absolute Gasteiger partial charge is 0.364 e. The molecule has 4 aromatic rings. The normalized spacial score (nSPS) is 19.4. The zero-order chi connectivity index (χ0) is 22.4. The molecule has 33 heavy (non-hydrogen) atoms. The maximum absolute atomic E-state index is 12.6. The van der Waals surface area contributed by atoms with Crippen molar-refractivity contribution in [1.82, 2.24) is 24.3 Å². The van der Waals surface area contributed by atoms with E-state index in [1.165, 1.54) is 24.7 Å². The molecule has 4 aromatic heterocycles. The molecule has 0 radical (unpaired) electrons. The Balaban J connectivity index is 1.08. The first kappa shape index (κ1) is 20.1. The van der Waals surface area contributed by atoms with E-state index in [1.807, 2.05) is 12.3 Å². The molecular formula is C24H22ClN7O. The van der Waals surface area contributed by atoms with Gasteiger partial charge in [0.15, 0.2) is 0 Å². The van der Waals surface area contributed by atoms with Crippen molar-refractivity contribution in [3.8, 4) is 0 Å². The third-order valence-corrected chi connectivity index (χ3v) is 6.43. The van der Waals surface area contributed by atoms with Gasteiger partial charge in [0.05, 0.1) is 12.2 Å². The molecule has 1 amide bonds. The highest BCUT2D eigenvalue weighted by atomic mass is 35.5. The van der Waals surface area contributed by atoms with Gasteiger partial charge in [0.25, 0.3) is 0 Å². The molecule has 8 nitrogen and oxygen atoms in total. The third kappa shape index (κ3) is 4.39. The minimum atomic E-state index is -0.124. The molecule has 9 heteroatoms. The molecule has 0 aliphatic heterocycles. The van der Waals surface area contributed by atoms with E-state index in [1.54, 1.807) is 18.3 Å². The summed E-state index contributed by atoms with van der Waals surface area (Å²) >= 11 is 6.04. The molecule has 0 unspecified atom stereocenters. The van der Waals surface area contributed by atoms with Crippen LogP contribution in [0.25, 0.3) is 5.65 Å². The van der Waals surface area contributed by atoms with E-state index in [0.29, 0.717) is 29.1 Å². The summed E-state index contributed by atoms with van der Waals surface area (Å²) in [6.07, 6.45) is 10.6. The highest BCUT2D eigenvalue weighted by Crippen LogP contribution is 2.47. The summed E-state index contributed by atoms with van der Waals surface area (Å²) in [4.78, 5) is 30.1. The lowest BCUT2D eigenvalue weighted by Crippen LogP contribution is -2.16. The van der Waals surface area contributed by atoms with Crippen LogP contribution in [-0.4, -0.2) is 30.2 Å². The first-order valence-corrected chi connectivity index (χ1v) is 11.5. The van der Waals surface area contributed by atoms with Gasteiger partial charge < -0.3 is 15.0 Å². The van der Waals surface area contributed by atoms with Crippen LogP contribution in [0.1, 0.15) is 48.0 Å². The second-order valence-electron chi connectivity index (χ2n) is 8.71. The summed E-state index contributed by atoms with van der Waals surface area (Å²) in [5.74, 6) is 1.70. The second kappa shape index (κ2) is 8.12. The van der Waals surface area contributed by atoms with Gasteiger partial charge in [0, 0.05) is 47.2 Å². The number of halogens is 1. The van der Waals surface area contributed by atoms with Crippen LogP contribution in [0.5, 0.6) is 0 Å². The second-order valence-corrected chi connectivity index (χ2v) is 9.15. The lowest BCUT2D eigenvalue weighted by molar-refractivity contribution is -0.117. The smallest absolute Gasteiger partial charge is 0.229 e. The molecule has 2 aliphatic carbocycles. The summed E-state index contributed by atoms with van der Waals surface area (Å²) < 4.78 is 2.08. The minimum Gasteiger partial charge on any atom is -0.364 e. The van der Waals surface area contributed by atoms with E-state index in [2.05, 4.69) is 53.3 Å². The van der Waals surface area contributed by atoms with Gasteiger partial charge in [-0.3, -0.25) is 9.78 Å². The summed E-state index contributed by atoms with van der Waals surface area (Å²) in [5.41, 5.74) is 4.08. The van der Waals surface area contributed by atoms with Crippen molar-refractivity contribution in [2.45, 2.75) is 37.6 Å². The van der Waals surface area contributed by atoms with Crippen molar-refractivity contribution >= 4 is 34.8 Å². The Labute approximate surface area is 195 Å². The van der Waals surface area contributed by atoms with Crippen LogP contribution < -0.4 is 10.6 Å². The van der Waals surface area contributed by atoms with Crippen LogP contribution in [0, 0.1) is 5.92 Å². The molecule has 2 fully saturated rings. The quantitative estimate of drug-likeness (QED) is 0.425. The van der Waals surface area contributed by atoms with Gasteiger partial charge in [-0.15, -0.1) is 0 Å². The number of nitrogens with one attached hydrogen (secondary N) is 2. The molecule has 0 bridgehead atoms. The van der Waals surface area contributed by atoms with Crippen LogP contribution in [0.2, 0.25) is 5.02 Å². The van der Waals surface area contributed by atoms with Crippen molar-refractivity contribution < 1.29 is 4.79 Å². The molecule has 2 atom stereocenters. The maximum Gasteiger partial charge on any atom is 0.229 e. The third-order valence-electron chi connectivity index (χ3n) is 6.19. The number of pyridine rings is 2. The highest BCUT2D eigenvalue weighted by molar-refractivity contribution is 6.30. The van der Waals surface area contributed by atoms with Gasteiger partial charge in [0.2, 0.25) is 5.91 Å². The van der Waals surface area contributed by atoms with Gasteiger partial charge in [-0.2, -0.15) is 0 Å². The molecular weight excluding hydrogens is 438 g/mol. The van der Waals surface area contributed by atoms with E-state index in [4.69, 9.17) is 11.6 Å². The van der Waals surface area contributed by atoms with Gasteiger partial charge in [-0.05, 0) is 48.9 Å². The molecule has 0 spiro atoms. The topological polar surface area (TPSA) is 97.1 Å². The monoisotopic (exact) mass is 459 g/mol. The van der Waals surface area contributed by atoms with Crippen LogP contribution in [0.15, 0.2) is 55.2 Å². The van der Waals surface area contributed by atoms with E-state index in [0.717, 1.165) is 23.5 Å². The van der Waals surface area contributed by atoms with Gasteiger partial charge in [0.1, 0.15) is 23.6 Å². The number of carbonyl (C=O) groups excluding carboxylic acids is 1. The number of aromatic nitrogens is 5. The summed E-state index contributed by atoms with van der Waals surface area (Å²) in [5, 5.41) is 6.79. The molecule has 0 aromatic carbocycles. The van der Waals surface area contributed by atoms with Crippen molar-refractivity contribution in [2.75, 3.05) is 10.6 Å². The predicted molar refractivity (Wildman–Crippen MR) is 125 cm³/mol. The summed E-state index contributed by atoms with van der Waals surface area (Å²) in [6.45, 7) is 0.524. The van der Waals surface area contributed by atoms with Crippen molar-refractivity contribution in [2.24, 2.45) is 5.92 Å². The molecule has 2 aliphatic rings. The fraction of sp³-hybridized carbons (Fsp3) is 0.292. The number of imidazole rings is 1. The van der Waals surface area contributed by atoms with Crippen molar-refractivity contribution in [3.63, 3.8) is 0 Å². The van der Waals surface area contributed by atoms with Crippen LogP contribution in [-0.2, 0) is 11.3 Å². The minimum absolute atomic E-state index is 0.0711. The average Bonchev–Trinajstić information content (AvgIpc) is 3.74. The van der Waals surface area contributed by atoms with E-state index < -0.39 is 0 Å². The lowest BCUT2D eigenvalue weighted by Gasteiger charge is -2.07. The fourth-order valence-electron chi connectivity index (χ4n) is 4.16. The highest BCUT2D eigenvalue weighted by Gasteiger charge is 2.45. The average molecular weight is 460 g/mol. The molecule has 2 saturated carbocycles. The zero-order valence-corrected chi connectivity index (χ0v) is 18.5. The van der Waals surface area contributed by atoms with Gasteiger partial charge in [-0.25, -0.2) is 15.0 Å². The molecule has 4 heterocycles. The summed E-state index contributed by atoms with van der Waals surface area (Å²) in [6, 6.07) is 9.52. The number of hydrogen-bond donors (Lipinski definition) is 2. The Morgan fingerprint density at radius 2 is 1.97 bits per heavy atom. The summed E-state index contributed by atoms with van der Waals surface area (Å²) in [7, 11) is 0. The Morgan fingerprint density at radius 1 is 1.09 bits per heavy atom. The predicted octanol–water partition coefficient (Wildman–Crippen LogP) is 4.40. The van der Waals surface area contributed by atoms with E-state index in [-0.39, 0.29) is 17.7 Å². The number of anilines is 2. The molecule has 6 rings (SSSR count). The molecule has 166 valence electrons. The number of amides is 1. The lowest BCUT2D eigenvalue weighted by atomic mass is 10.2. The van der Waals surface area contributed by atoms with Gasteiger partial charge >= 0.3 is 0 Å². The van der Waals surface area contributed by atoms with E-state index >= 15 is 0 Å². The first-order chi connectivity index (χ1) is 16.1. The Hall–Kier alpha value is -3.52. The maximum atomic E-state index is 12.6. The number of nitrogens with zero attached hydrogens (tertiary/aromatic N) is 5. The molecule has 2 N–H and O–H groups in total. The standard InChI is InChI=1S/C24H22ClN7O/c25-16-5-6-26-20(7-16)18-8-19(18)24(33)31-22-9-21(28-13-29-22)27-10-17-12-32-11-15(14-1-2-14)3-4-23(32)30-17/h3-7,9,11-14,18-19H,1-2,8,10H2,(H2,27,28,29,31,33)/t18-,19-/m0/s1. The Kier molecular flexibility index (Phi) is 4.95. The van der Waals surface area contributed by atoms with Gasteiger partial charge in [-0.1, -0.05) is 17.7 Å². The number of carbonyl (C=O) groups is 1. The van der Waals surface area contributed by atoms with E-state index in [9.17, 15) is 4.79 Å². The van der Waals surface area contributed by atoms with Crippen LogP contribution in [0.3, 0.4) is 0 Å². The Morgan fingerprint density at radius 3 is 2.82 bits per heavy atom. The van der Waals surface area contributed by atoms with Crippen LogP contribution >= 0.6 is 11.6 Å². The molecule has 0 saturated heterocycles.